The summed E-state index contributed by atoms with van der Waals surface area (Å²) >= 11 is 0. The zero-order chi connectivity index (χ0) is 6.97. The largest absolute Gasteiger partial charge is 0.444 e. The standard InChI is InChI=1S/C7H6O2P/c8-10-5-9-6-3-1-2-4-7(6)10/h1-4H,5H2/q+1. The maximum atomic E-state index is 11.1. The predicted octanol–water partition coefficient (Wildman–Crippen LogP) is 1.49. The van der Waals surface area contributed by atoms with Crippen molar-refractivity contribution in [1.82, 2.24) is 0 Å². The van der Waals surface area contributed by atoms with Crippen molar-refractivity contribution in [3.63, 3.8) is 0 Å². The lowest BCUT2D eigenvalue weighted by atomic mass is 10.3. The van der Waals surface area contributed by atoms with Gasteiger partial charge in [0.1, 0.15) is 0 Å². The van der Waals surface area contributed by atoms with Gasteiger partial charge in [-0.25, -0.2) is 0 Å². The Bertz CT molecular complexity index is 283. The molecule has 1 heterocycles. The third-order valence-corrected chi connectivity index (χ3v) is 2.74. The molecule has 0 radical (unpaired) electrons. The molecule has 1 unspecified atom stereocenters. The van der Waals surface area contributed by atoms with Gasteiger partial charge in [0.15, 0.2) is 5.75 Å². The SMILES string of the molecule is O=[P+]1COc2ccccc21. The van der Waals surface area contributed by atoms with E-state index >= 15 is 0 Å². The lowest BCUT2D eigenvalue weighted by molar-refractivity contribution is 0.397. The van der Waals surface area contributed by atoms with E-state index in [2.05, 4.69) is 0 Å². The molecule has 0 fully saturated rings. The summed E-state index contributed by atoms with van der Waals surface area (Å²) in [5.41, 5.74) is 0. The van der Waals surface area contributed by atoms with Crippen molar-refractivity contribution in [2.24, 2.45) is 0 Å². The van der Waals surface area contributed by atoms with Crippen LogP contribution < -0.4 is 10.0 Å². The van der Waals surface area contributed by atoms with E-state index in [1.807, 2.05) is 24.3 Å². The molecule has 0 saturated heterocycles. The van der Waals surface area contributed by atoms with E-state index in [0.717, 1.165) is 11.1 Å². The van der Waals surface area contributed by atoms with Crippen LogP contribution >= 0.6 is 7.80 Å². The van der Waals surface area contributed by atoms with Gasteiger partial charge >= 0.3 is 7.80 Å². The van der Waals surface area contributed by atoms with Crippen molar-refractivity contribution >= 4 is 13.1 Å². The predicted molar refractivity (Wildman–Crippen MR) is 39.2 cm³/mol. The van der Waals surface area contributed by atoms with Crippen molar-refractivity contribution in [3.8, 4) is 5.75 Å². The average molecular weight is 153 g/mol. The van der Waals surface area contributed by atoms with Gasteiger partial charge in [-0.15, -0.1) is 0 Å². The third kappa shape index (κ3) is 0.729. The van der Waals surface area contributed by atoms with Crippen molar-refractivity contribution in [3.05, 3.63) is 24.3 Å². The van der Waals surface area contributed by atoms with Crippen molar-refractivity contribution in [1.29, 1.82) is 0 Å². The number of para-hydroxylation sites is 1. The number of benzene rings is 1. The van der Waals surface area contributed by atoms with Crippen molar-refractivity contribution in [2.75, 3.05) is 6.35 Å². The van der Waals surface area contributed by atoms with Crippen molar-refractivity contribution in [2.45, 2.75) is 0 Å². The summed E-state index contributed by atoms with van der Waals surface area (Å²) in [7, 11) is -1.25. The summed E-state index contributed by atoms with van der Waals surface area (Å²) in [6, 6.07) is 7.45. The highest BCUT2D eigenvalue weighted by Gasteiger charge is 2.32. The summed E-state index contributed by atoms with van der Waals surface area (Å²) < 4.78 is 16.2. The molecular weight excluding hydrogens is 147 g/mol. The molecule has 0 bridgehead atoms. The Morgan fingerprint density at radius 3 is 3.00 bits per heavy atom. The number of ether oxygens (including phenoxy) is 1. The van der Waals surface area contributed by atoms with Gasteiger partial charge < -0.3 is 4.74 Å². The summed E-state index contributed by atoms with van der Waals surface area (Å²) in [6.45, 7) is 0. The molecule has 50 valence electrons. The fraction of sp³-hybridized carbons (Fsp3) is 0.143. The second kappa shape index (κ2) is 2.06. The second-order valence-corrected chi connectivity index (χ2v) is 3.62. The van der Waals surface area contributed by atoms with E-state index in [1.165, 1.54) is 0 Å². The van der Waals surface area contributed by atoms with Crippen molar-refractivity contribution < 1.29 is 9.30 Å². The zero-order valence-corrected chi connectivity index (χ0v) is 6.17. The first-order valence-corrected chi connectivity index (χ1v) is 4.49. The molecule has 0 aliphatic carbocycles. The van der Waals surface area contributed by atoms with E-state index < -0.39 is 7.80 Å². The van der Waals surface area contributed by atoms with Crippen LogP contribution in [0.4, 0.5) is 0 Å². The molecule has 0 amide bonds. The summed E-state index contributed by atoms with van der Waals surface area (Å²) in [5, 5.41) is 0.859. The highest BCUT2D eigenvalue weighted by atomic mass is 31.1. The Balaban J connectivity index is 2.61. The van der Waals surface area contributed by atoms with Gasteiger partial charge in [0.2, 0.25) is 5.30 Å². The fourth-order valence-electron chi connectivity index (χ4n) is 0.983. The minimum atomic E-state index is -1.25. The highest BCUT2D eigenvalue weighted by molar-refractivity contribution is 7.54. The molecule has 10 heavy (non-hydrogen) atoms. The van der Waals surface area contributed by atoms with E-state index in [0.29, 0.717) is 6.35 Å². The monoisotopic (exact) mass is 153 g/mol. The van der Waals surface area contributed by atoms with Gasteiger partial charge in [0.05, 0.1) is 0 Å². The first-order valence-electron chi connectivity index (χ1n) is 3.04. The maximum Gasteiger partial charge on any atom is 0.421 e. The number of hydrogen-bond acceptors (Lipinski definition) is 2. The normalized spacial score (nSPS) is 18.2. The first-order chi connectivity index (χ1) is 4.88. The van der Waals surface area contributed by atoms with E-state index in [-0.39, 0.29) is 0 Å². The minimum Gasteiger partial charge on any atom is -0.444 e. The molecule has 0 spiro atoms. The Morgan fingerprint density at radius 2 is 2.20 bits per heavy atom. The molecular formula is C7H6O2P+. The highest BCUT2D eigenvalue weighted by Crippen LogP contribution is 2.32. The summed E-state index contributed by atoms with van der Waals surface area (Å²) in [4.78, 5) is 0. The Kier molecular flexibility index (Phi) is 1.21. The van der Waals surface area contributed by atoms with Crippen LogP contribution in [0.2, 0.25) is 0 Å². The number of hydrogen-bond donors (Lipinski definition) is 0. The van der Waals surface area contributed by atoms with Gasteiger partial charge in [-0.1, -0.05) is 16.7 Å². The van der Waals surface area contributed by atoms with Crippen LogP contribution in [0.3, 0.4) is 0 Å². The molecule has 1 aromatic carbocycles. The molecule has 1 aromatic rings. The third-order valence-electron chi connectivity index (χ3n) is 1.47. The van der Waals surface area contributed by atoms with Gasteiger partial charge in [0.25, 0.3) is 6.35 Å². The van der Waals surface area contributed by atoms with Gasteiger partial charge in [-0.05, 0) is 12.1 Å². The Hall–Kier alpha value is -0.880. The topological polar surface area (TPSA) is 26.3 Å². The molecule has 2 rings (SSSR count). The van der Waals surface area contributed by atoms with Crippen LogP contribution in [0.25, 0.3) is 0 Å². The first kappa shape index (κ1) is 5.87. The minimum absolute atomic E-state index is 0.356. The average Bonchev–Trinajstić information content (AvgIpc) is 2.34. The molecule has 3 heteroatoms. The van der Waals surface area contributed by atoms with Crippen LogP contribution in [-0.4, -0.2) is 6.35 Å². The molecule has 1 aliphatic rings. The van der Waals surface area contributed by atoms with Crippen LogP contribution in [0.5, 0.6) is 5.75 Å². The van der Waals surface area contributed by atoms with Crippen LogP contribution in [0, 0.1) is 0 Å². The van der Waals surface area contributed by atoms with Gasteiger partial charge in [-0.2, -0.15) is 0 Å². The van der Waals surface area contributed by atoms with E-state index in [1.54, 1.807) is 0 Å². The molecule has 2 nitrogen and oxygen atoms in total. The lowest BCUT2D eigenvalue weighted by Crippen LogP contribution is -1.89. The summed E-state index contributed by atoms with van der Waals surface area (Å²) in [6.07, 6.45) is 0.356. The van der Waals surface area contributed by atoms with Crippen LogP contribution in [0.1, 0.15) is 0 Å². The summed E-state index contributed by atoms with van der Waals surface area (Å²) in [5.74, 6) is 0.781. The van der Waals surface area contributed by atoms with E-state index in [9.17, 15) is 4.57 Å². The molecule has 1 aliphatic heterocycles. The zero-order valence-electron chi connectivity index (χ0n) is 5.28. The maximum absolute atomic E-state index is 11.1. The second-order valence-electron chi connectivity index (χ2n) is 2.12. The lowest BCUT2D eigenvalue weighted by Gasteiger charge is -1.86. The Labute approximate surface area is 59.6 Å². The van der Waals surface area contributed by atoms with Gasteiger partial charge in [0, 0.05) is 0 Å². The quantitative estimate of drug-likeness (QED) is 0.528. The van der Waals surface area contributed by atoms with Crippen LogP contribution in [0.15, 0.2) is 24.3 Å². The molecule has 1 atom stereocenters. The fourth-order valence-corrected chi connectivity index (χ4v) is 2.02. The Morgan fingerprint density at radius 1 is 1.40 bits per heavy atom. The number of rotatable bonds is 0. The molecule has 0 N–H and O–H groups in total. The molecule has 0 aromatic heterocycles. The smallest absolute Gasteiger partial charge is 0.421 e. The van der Waals surface area contributed by atoms with Gasteiger partial charge in [-0.3, -0.25) is 0 Å². The van der Waals surface area contributed by atoms with Crippen LogP contribution in [-0.2, 0) is 4.57 Å². The molecule has 0 saturated carbocycles. The van der Waals surface area contributed by atoms with E-state index in [4.69, 9.17) is 4.74 Å². The number of fused-ring (bicyclic) bond motifs is 1.